The van der Waals surface area contributed by atoms with E-state index in [9.17, 15) is 8.78 Å². The fourth-order valence-electron chi connectivity index (χ4n) is 4.10. The molecule has 0 amide bonds. The smallest absolute Gasteiger partial charge is 0.248 e. The number of rotatable bonds is 6. The van der Waals surface area contributed by atoms with Crippen LogP contribution >= 0.6 is 0 Å². The minimum absolute atomic E-state index is 0.305. The zero-order valence-electron chi connectivity index (χ0n) is 17.6. The summed E-state index contributed by atoms with van der Waals surface area (Å²) in [5.41, 5.74) is 4.46. The van der Waals surface area contributed by atoms with Crippen molar-refractivity contribution in [3.8, 4) is 0 Å². The van der Waals surface area contributed by atoms with Crippen LogP contribution in [-0.2, 0) is 4.74 Å². The van der Waals surface area contributed by atoms with E-state index in [2.05, 4.69) is 42.8 Å². The average Bonchev–Trinajstić information content (AvgIpc) is 2.61. The molecule has 1 aliphatic carbocycles. The van der Waals surface area contributed by atoms with E-state index in [1.54, 1.807) is 7.11 Å². The highest BCUT2D eigenvalue weighted by molar-refractivity contribution is 6.17. The summed E-state index contributed by atoms with van der Waals surface area (Å²) in [6, 6.07) is 0. The zero-order valence-corrected chi connectivity index (χ0v) is 17.6. The van der Waals surface area contributed by atoms with Crippen molar-refractivity contribution in [3.63, 3.8) is 0 Å². The van der Waals surface area contributed by atoms with E-state index in [-0.39, 0.29) is 0 Å². The van der Waals surface area contributed by atoms with Gasteiger partial charge in [-0.1, -0.05) is 26.8 Å². The van der Waals surface area contributed by atoms with Gasteiger partial charge in [-0.3, -0.25) is 9.89 Å². The molecule has 1 aliphatic heterocycles. The maximum Gasteiger partial charge on any atom is 0.248 e. The Hall–Kier alpha value is -1.49. The predicted molar refractivity (Wildman–Crippen MR) is 108 cm³/mol. The van der Waals surface area contributed by atoms with Crippen molar-refractivity contribution in [2.75, 3.05) is 33.8 Å². The summed E-state index contributed by atoms with van der Waals surface area (Å²) in [7, 11) is 3.52. The molecule has 0 unspecified atom stereocenters. The lowest BCUT2D eigenvalue weighted by Gasteiger charge is -2.36. The normalized spacial score (nSPS) is 23.5. The van der Waals surface area contributed by atoms with Gasteiger partial charge in [-0.2, -0.15) is 0 Å². The number of likely N-dealkylation sites (tertiary alicyclic amines) is 1. The molecule has 27 heavy (non-hydrogen) atoms. The number of piperidine rings is 1. The molecular formula is C22H34F2N2O. The van der Waals surface area contributed by atoms with Gasteiger partial charge in [-0.15, -0.1) is 0 Å². The van der Waals surface area contributed by atoms with Gasteiger partial charge in [-0.05, 0) is 56.8 Å². The van der Waals surface area contributed by atoms with Crippen molar-refractivity contribution in [1.29, 1.82) is 0 Å². The van der Waals surface area contributed by atoms with Crippen molar-refractivity contribution < 1.29 is 13.5 Å². The second-order valence-corrected chi connectivity index (χ2v) is 7.91. The van der Waals surface area contributed by atoms with Gasteiger partial charge < -0.3 is 4.74 Å². The van der Waals surface area contributed by atoms with Gasteiger partial charge in [0.25, 0.3) is 0 Å². The Kier molecular flexibility index (Phi) is 7.38. The van der Waals surface area contributed by atoms with Crippen molar-refractivity contribution in [2.24, 2.45) is 16.8 Å². The first kappa shape index (κ1) is 21.8. The Morgan fingerprint density at radius 3 is 2.41 bits per heavy atom. The third-order valence-corrected chi connectivity index (χ3v) is 5.55. The molecule has 1 heterocycles. The highest BCUT2D eigenvalue weighted by atomic mass is 19.3. The topological polar surface area (TPSA) is 24.8 Å². The number of allylic oxidation sites excluding steroid dienone is 3. The molecule has 0 spiro atoms. The first-order valence-corrected chi connectivity index (χ1v) is 9.99. The Morgan fingerprint density at radius 2 is 1.96 bits per heavy atom. The number of ether oxygens (including phenoxy) is 1. The van der Waals surface area contributed by atoms with E-state index in [0.29, 0.717) is 31.8 Å². The van der Waals surface area contributed by atoms with E-state index < -0.39 is 11.8 Å². The van der Waals surface area contributed by atoms with Crippen LogP contribution < -0.4 is 0 Å². The van der Waals surface area contributed by atoms with Crippen LogP contribution in [-0.4, -0.2) is 50.3 Å². The molecule has 1 saturated heterocycles. The van der Waals surface area contributed by atoms with E-state index in [4.69, 9.17) is 4.74 Å². The summed E-state index contributed by atoms with van der Waals surface area (Å²) in [4.78, 5) is 6.86. The van der Waals surface area contributed by atoms with Gasteiger partial charge in [0.2, 0.25) is 5.92 Å². The quantitative estimate of drug-likeness (QED) is 0.628. The second-order valence-electron chi connectivity index (χ2n) is 7.91. The molecule has 2 rings (SSSR count). The number of halogens is 2. The second kappa shape index (κ2) is 9.13. The Morgan fingerprint density at radius 1 is 1.33 bits per heavy atom. The number of hydrogen-bond donors (Lipinski definition) is 0. The first-order chi connectivity index (χ1) is 12.7. The van der Waals surface area contributed by atoms with Crippen molar-refractivity contribution in [2.45, 2.75) is 52.9 Å². The maximum atomic E-state index is 13.6. The molecule has 2 aliphatic rings. The number of aliphatic imine (C=N–C) groups is 1. The minimum Gasteiger partial charge on any atom is -0.496 e. The molecule has 3 nitrogen and oxygen atoms in total. The number of alkyl halides is 2. The highest BCUT2D eigenvalue weighted by Gasteiger charge is 2.37. The molecule has 0 atom stereocenters. The van der Waals surface area contributed by atoms with Gasteiger partial charge in [0.1, 0.15) is 5.76 Å². The molecule has 152 valence electrons. The van der Waals surface area contributed by atoms with Crippen molar-refractivity contribution in [1.82, 2.24) is 4.90 Å². The number of methoxy groups -OCH3 is 1. The Bertz CT molecular complexity index is 646. The Labute approximate surface area is 162 Å². The summed E-state index contributed by atoms with van der Waals surface area (Å²) in [6.45, 7) is 9.61. The maximum absolute atomic E-state index is 13.6. The van der Waals surface area contributed by atoms with Crippen LogP contribution in [0.3, 0.4) is 0 Å². The highest BCUT2D eigenvalue weighted by Crippen LogP contribution is 2.35. The molecule has 0 aromatic rings. The van der Waals surface area contributed by atoms with Crippen LogP contribution in [0.15, 0.2) is 39.6 Å². The molecule has 0 N–H and O–H groups in total. The van der Waals surface area contributed by atoms with Gasteiger partial charge in [0.05, 0.1) is 12.8 Å². The van der Waals surface area contributed by atoms with Gasteiger partial charge in [0, 0.05) is 30.7 Å². The van der Waals surface area contributed by atoms with Gasteiger partial charge in [0.15, 0.2) is 0 Å². The summed E-state index contributed by atoms with van der Waals surface area (Å²) < 4.78 is 32.9. The van der Waals surface area contributed by atoms with E-state index >= 15 is 0 Å². The van der Waals surface area contributed by atoms with Crippen LogP contribution in [0, 0.1) is 11.8 Å². The minimum atomic E-state index is -2.58. The van der Waals surface area contributed by atoms with Crippen LogP contribution in [0.1, 0.15) is 47.0 Å². The first-order valence-electron chi connectivity index (χ1n) is 9.99. The van der Waals surface area contributed by atoms with Crippen LogP contribution in [0.25, 0.3) is 0 Å². The summed E-state index contributed by atoms with van der Waals surface area (Å²) in [5.74, 6) is -1.92. The van der Waals surface area contributed by atoms with Gasteiger partial charge >= 0.3 is 0 Å². The molecule has 5 heteroatoms. The monoisotopic (exact) mass is 380 g/mol. The fraction of sp³-hybridized carbons (Fsp3) is 0.682. The molecule has 0 bridgehead atoms. The molecular weight excluding hydrogens is 346 g/mol. The third-order valence-electron chi connectivity index (χ3n) is 5.55. The van der Waals surface area contributed by atoms with E-state index in [1.807, 2.05) is 7.05 Å². The van der Waals surface area contributed by atoms with E-state index in [0.717, 1.165) is 42.5 Å². The molecule has 0 saturated carbocycles. The molecule has 0 aromatic carbocycles. The fourth-order valence-corrected chi connectivity index (χ4v) is 4.10. The largest absolute Gasteiger partial charge is 0.496 e. The van der Waals surface area contributed by atoms with Crippen molar-refractivity contribution in [3.05, 3.63) is 34.6 Å². The lowest BCUT2D eigenvalue weighted by Crippen LogP contribution is -2.40. The van der Waals surface area contributed by atoms with Crippen LogP contribution in [0.2, 0.25) is 0 Å². The van der Waals surface area contributed by atoms with E-state index in [1.165, 1.54) is 5.57 Å². The SMILES string of the molecule is CC/C=C1/C(CN2CCC(C(C)(F)F)CC2)=CC(OC)=C(C(C)C)C1=NC. The molecule has 0 aromatic heterocycles. The zero-order chi connectivity index (χ0) is 20.2. The molecule has 1 fully saturated rings. The Balaban J connectivity index is 2.27. The van der Waals surface area contributed by atoms with Crippen LogP contribution in [0.5, 0.6) is 0 Å². The summed E-state index contributed by atoms with van der Waals surface area (Å²) in [6.07, 6.45) is 6.34. The number of hydrogen-bond acceptors (Lipinski definition) is 3. The van der Waals surface area contributed by atoms with Gasteiger partial charge in [-0.25, -0.2) is 8.78 Å². The standard InChI is InChI=1S/C22H34F2N2O/c1-7-8-18-16(13-19(27-6)20(15(2)3)21(18)25-5)14-26-11-9-17(10-12-26)22(4,23)24/h8,13,15,17H,7,9-12,14H2,1-6H3/b18-8-,25-21?. The number of nitrogens with zero attached hydrogens (tertiary/aromatic N) is 2. The van der Waals surface area contributed by atoms with Crippen LogP contribution in [0.4, 0.5) is 8.78 Å². The predicted octanol–water partition coefficient (Wildman–Crippen LogP) is 5.26. The lowest BCUT2D eigenvalue weighted by molar-refractivity contribution is -0.0611. The third kappa shape index (κ3) is 5.07. The average molecular weight is 381 g/mol. The molecule has 0 radical (unpaired) electrons. The van der Waals surface area contributed by atoms with Crippen molar-refractivity contribution >= 4 is 5.71 Å². The summed E-state index contributed by atoms with van der Waals surface area (Å²) >= 11 is 0. The summed E-state index contributed by atoms with van der Waals surface area (Å²) in [5, 5.41) is 0. The lowest BCUT2D eigenvalue weighted by atomic mass is 9.83.